The molecule has 3 N–H and O–H groups in total. The van der Waals surface area contributed by atoms with Crippen LogP contribution in [0.15, 0.2) is 30.3 Å². The van der Waals surface area contributed by atoms with Gasteiger partial charge >= 0.3 is 0 Å². The maximum atomic E-state index is 12.5. The normalized spacial score (nSPS) is 10.8. The molecule has 0 aliphatic carbocycles. The first kappa shape index (κ1) is 16.3. The van der Waals surface area contributed by atoms with Crippen LogP contribution in [0.3, 0.4) is 0 Å². The summed E-state index contributed by atoms with van der Waals surface area (Å²) in [5.41, 5.74) is 9.62. The number of thiophene rings is 1. The molecule has 1 aromatic carbocycles. The summed E-state index contributed by atoms with van der Waals surface area (Å²) in [6.45, 7) is 4.33. The maximum absolute atomic E-state index is 12.5. The second-order valence-electron chi connectivity index (χ2n) is 5.64. The second kappa shape index (κ2) is 6.49. The van der Waals surface area contributed by atoms with E-state index in [1.807, 2.05) is 44.2 Å². The molecule has 0 fully saturated rings. The van der Waals surface area contributed by atoms with E-state index in [4.69, 9.17) is 10.5 Å². The van der Waals surface area contributed by atoms with E-state index in [-0.39, 0.29) is 5.91 Å². The topological polar surface area (TPSA) is 77.2 Å². The van der Waals surface area contributed by atoms with Crippen LogP contribution in [0.2, 0.25) is 0 Å². The quantitative estimate of drug-likeness (QED) is 0.762. The minimum atomic E-state index is -0.185. The van der Waals surface area contributed by atoms with Crippen LogP contribution < -0.4 is 15.8 Å². The number of ether oxygens (including phenoxy) is 1. The van der Waals surface area contributed by atoms with E-state index in [1.165, 1.54) is 11.3 Å². The molecule has 0 aliphatic heterocycles. The molecule has 0 atom stereocenters. The number of aryl methyl sites for hydroxylation is 2. The SMILES string of the molecule is COc1cccc(CNC(=O)c2sc3nc(C)cc(C)c3c2N)c1. The molecular formula is C18H19N3O2S. The van der Waals surface area contributed by atoms with Crippen LogP contribution in [0, 0.1) is 13.8 Å². The van der Waals surface area contributed by atoms with Crippen LogP contribution in [0.25, 0.3) is 10.2 Å². The van der Waals surface area contributed by atoms with Crippen LogP contribution in [0.1, 0.15) is 26.5 Å². The maximum Gasteiger partial charge on any atom is 0.263 e. The van der Waals surface area contributed by atoms with Gasteiger partial charge in [-0.15, -0.1) is 11.3 Å². The van der Waals surface area contributed by atoms with Gasteiger partial charge in [0.25, 0.3) is 5.91 Å². The van der Waals surface area contributed by atoms with Gasteiger partial charge in [0, 0.05) is 17.6 Å². The van der Waals surface area contributed by atoms with Crippen LogP contribution >= 0.6 is 11.3 Å². The molecule has 0 aliphatic rings. The van der Waals surface area contributed by atoms with Crippen LogP contribution in [0.5, 0.6) is 5.75 Å². The molecule has 6 heteroatoms. The van der Waals surface area contributed by atoms with Gasteiger partial charge in [-0.25, -0.2) is 4.98 Å². The third-order valence-electron chi connectivity index (χ3n) is 3.82. The molecule has 2 aromatic heterocycles. The Bertz CT molecular complexity index is 918. The lowest BCUT2D eigenvalue weighted by Gasteiger charge is -2.06. The zero-order valence-corrected chi connectivity index (χ0v) is 14.7. The lowest BCUT2D eigenvalue weighted by atomic mass is 10.1. The summed E-state index contributed by atoms with van der Waals surface area (Å²) in [5, 5.41) is 3.78. The number of nitrogens with zero attached hydrogens (tertiary/aromatic N) is 1. The van der Waals surface area contributed by atoms with Gasteiger partial charge in [-0.1, -0.05) is 12.1 Å². The van der Waals surface area contributed by atoms with Crippen LogP contribution in [-0.4, -0.2) is 18.0 Å². The van der Waals surface area contributed by atoms with Gasteiger partial charge < -0.3 is 15.8 Å². The molecule has 1 amide bonds. The Balaban J connectivity index is 1.83. The van der Waals surface area contributed by atoms with Crippen molar-refractivity contribution in [2.75, 3.05) is 12.8 Å². The van der Waals surface area contributed by atoms with E-state index in [2.05, 4.69) is 10.3 Å². The lowest BCUT2D eigenvalue weighted by Crippen LogP contribution is -2.22. The van der Waals surface area contributed by atoms with E-state index in [0.717, 1.165) is 32.8 Å². The summed E-state index contributed by atoms with van der Waals surface area (Å²) in [4.78, 5) is 18.3. The standard InChI is InChI=1S/C18H19N3O2S/c1-10-7-11(2)21-18-14(10)15(19)16(24-18)17(22)20-9-12-5-4-6-13(8-12)23-3/h4-8H,9,19H2,1-3H3,(H,20,22). The van der Waals surface area contributed by atoms with Gasteiger partial charge in [0.05, 0.1) is 12.8 Å². The molecule has 0 bridgehead atoms. The minimum Gasteiger partial charge on any atom is -0.497 e. The van der Waals surface area contributed by atoms with Crippen LogP contribution in [0.4, 0.5) is 5.69 Å². The van der Waals surface area contributed by atoms with Gasteiger partial charge in [-0.2, -0.15) is 0 Å². The predicted octanol–water partition coefficient (Wildman–Crippen LogP) is 3.43. The largest absolute Gasteiger partial charge is 0.497 e. The molecule has 2 heterocycles. The number of carbonyl (C=O) groups excluding carboxylic acids is 1. The summed E-state index contributed by atoms with van der Waals surface area (Å²) in [6, 6.07) is 9.56. The zero-order valence-electron chi connectivity index (χ0n) is 13.8. The fourth-order valence-electron chi connectivity index (χ4n) is 2.68. The molecule has 24 heavy (non-hydrogen) atoms. The van der Waals surface area contributed by atoms with Gasteiger partial charge in [0.1, 0.15) is 15.5 Å². The highest BCUT2D eigenvalue weighted by atomic mass is 32.1. The molecule has 124 valence electrons. The van der Waals surface area contributed by atoms with E-state index < -0.39 is 0 Å². The Morgan fingerprint density at radius 3 is 2.88 bits per heavy atom. The Morgan fingerprint density at radius 2 is 2.12 bits per heavy atom. The van der Waals surface area contributed by atoms with E-state index in [9.17, 15) is 4.79 Å². The molecule has 0 saturated heterocycles. The van der Waals surface area contributed by atoms with Gasteiger partial charge in [-0.05, 0) is 43.2 Å². The summed E-state index contributed by atoms with van der Waals surface area (Å²) < 4.78 is 5.19. The Labute approximate surface area is 144 Å². The highest BCUT2D eigenvalue weighted by Gasteiger charge is 2.18. The van der Waals surface area contributed by atoms with Crippen molar-refractivity contribution in [2.24, 2.45) is 0 Å². The van der Waals surface area contributed by atoms with Crippen molar-refractivity contribution < 1.29 is 9.53 Å². The second-order valence-corrected chi connectivity index (χ2v) is 6.64. The number of benzene rings is 1. The van der Waals surface area contributed by atoms with E-state index in [1.54, 1.807) is 7.11 Å². The number of hydrogen-bond acceptors (Lipinski definition) is 5. The molecule has 0 unspecified atom stereocenters. The number of pyridine rings is 1. The Kier molecular flexibility index (Phi) is 4.40. The molecule has 3 aromatic rings. The average Bonchev–Trinajstić information content (AvgIpc) is 2.89. The highest BCUT2D eigenvalue weighted by Crippen LogP contribution is 2.34. The minimum absolute atomic E-state index is 0.185. The lowest BCUT2D eigenvalue weighted by molar-refractivity contribution is 0.0956. The molecule has 3 rings (SSSR count). The average molecular weight is 341 g/mol. The summed E-state index contributed by atoms with van der Waals surface area (Å²) in [6.07, 6.45) is 0. The van der Waals surface area contributed by atoms with Gasteiger partial charge in [0.2, 0.25) is 0 Å². The summed E-state index contributed by atoms with van der Waals surface area (Å²) in [5.74, 6) is 0.578. The van der Waals surface area contributed by atoms with E-state index in [0.29, 0.717) is 17.1 Å². The number of anilines is 1. The number of fused-ring (bicyclic) bond motifs is 1. The number of nitrogens with two attached hydrogens (primary N) is 1. The predicted molar refractivity (Wildman–Crippen MR) is 97.7 cm³/mol. The third kappa shape index (κ3) is 3.05. The fourth-order valence-corrected chi connectivity index (χ4v) is 3.82. The van der Waals surface area contributed by atoms with E-state index >= 15 is 0 Å². The van der Waals surface area contributed by atoms with Crippen molar-refractivity contribution in [1.29, 1.82) is 0 Å². The number of nitrogens with one attached hydrogen (secondary N) is 1. The van der Waals surface area contributed by atoms with Crippen molar-refractivity contribution in [1.82, 2.24) is 10.3 Å². The Hall–Kier alpha value is -2.60. The number of carbonyl (C=O) groups is 1. The molecule has 0 spiro atoms. The Morgan fingerprint density at radius 1 is 1.33 bits per heavy atom. The van der Waals surface area contributed by atoms with Gasteiger partial charge in [0.15, 0.2) is 0 Å². The number of hydrogen-bond donors (Lipinski definition) is 2. The molecular weight excluding hydrogens is 322 g/mol. The molecule has 0 saturated carbocycles. The number of nitrogen functional groups attached to an aromatic ring is 1. The third-order valence-corrected chi connectivity index (χ3v) is 4.92. The van der Waals surface area contributed by atoms with Crippen molar-refractivity contribution in [3.63, 3.8) is 0 Å². The fraction of sp³-hybridized carbons (Fsp3) is 0.222. The molecule has 5 nitrogen and oxygen atoms in total. The van der Waals surface area contributed by atoms with Crippen molar-refractivity contribution in [2.45, 2.75) is 20.4 Å². The van der Waals surface area contributed by atoms with Gasteiger partial charge in [-0.3, -0.25) is 4.79 Å². The number of aromatic nitrogens is 1. The van der Waals surface area contributed by atoms with Crippen molar-refractivity contribution in [3.05, 3.63) is 52.0 Å². The summed E-state index contributed by atoms with van der Waals surface area (Å²) >= 11 is 1.33. The smallest absolute Gasteiger partial charge is 0.263 e. The number of amides is 1. The zero-order chi connectivity index (χ0) is 17.3. The number of methoxy groups -OCH3 is 1. The first-order valence-corrected chi connectivity index (χ1v) is 8.38. The first-order valence-electron chi connectivity index (χ1n) is 7.57. The molecule has 0 radical (unpaired) electrons. The van der Waals surface area contributed by atoms with Crippen molar-refractivity contribution in [3.8, 4) is 5.75 Å². The first-order chi connectivity index (χ1) is 11.5. The highest BCUT2D eigenvalue weighted by molar-refractivity contribution is 7.21. The number of rotatable bonds is 4. The monoisotopic (exact) mass is 341 g/mol. The summed E-state index contributed by atoms with van der Waals surface area (Å²) in [7, 11) is 1.62. The van der Waals surface area contributed by atoms with Crippen molar-refractivity contribution >= 4 is 33.1 Å². The van der Waals surface area contributed by atoms with Crippen LogP contribution in [-0.2, 0) is 6.54 Å².